The van der Waals surface area contributed by atoms with Gasteiger partial charge in [-0.25, -0.2) is 9.07 Å². The fourth-order valence-electron chi connectivity index (χ4n) is 1.93. The van der Waals surface area contributed by atoms with Crippen LogP contribution in [0.1, 0.15) is 23.7 Å². The van der Waals surface area contributed by atoms with E-state index in [9.17, 15) is 9.50 Å². The molecular formula is C13H14ClFN2O. The summed E-state index contributed by atoms with van der Waals surface area (Å²) in [5.74, 6) is -0.294. The molecule has 5 heteroatoms. The fraction of sp³-hybridized carbons (Fsp3) is 0.308. The zero-order chi connectivity index (χ0) is 13.3. The number of rotatable bonds is 3. The molecule has 0 radical (unpaired) electrons. The van der Waals surface area contributed by atoms with Crippen molar-refractivity contribution in [3.8, 4) is 5.69 Å². The van der Waals surface area contributed by atoms with Gasteiger partial charge >= 0.3 is 0 Å². The van der Waals surface area contributed by atoms with Crippen molar-refractivity contribution in [1.82, 2.24) is 9.78 Å². The van der Waals surface area contributed by atoms with Crippen LogP contribution in [0.5, 0.6) is 0 Å². The van der Waals surface area contributed by atoms with E-state index in [1.54, 1.807) is 17.7 Å². The molecule has 3 nitrogen and oxygen atoms in total. The number of aromatic nitrogens is 2. The molecule has 0 aliphatic heterocycles. The lowest BCUT2D eigenvalue weighted by molar-refractivity contribution is 0.281. The van der Waals surface area contributed by atoms with Crippen LogP contribution in [0.25, 0.3) is 5.69 Å². The van der Waals surface area contributed by atoms with Gasteiger partial charge < -0.3 is 5.11 Å². The highest BCUT2D eigenvalue weighted by Gasteiger charge is 2.16. The molecule has 0 fully saturated rings. The van der Waals surface area contributed by atoms with Crippen molar-refractivity contribution in [3.63, 3.8) is 0 Å². The van der Waals surface area contributed by atoms with Gasteiger partial charge in [-0.05, 0) is 37.1 Å². The molecule has 1 aromatic carbocycles. The van der Waals surface area contributed by atoms with E-state index in [-0.39, 0.29) is 12.4 Å². The molecule has 0 saturated heterocycles. The third-order valence-electron chi connectivity index (χ3n) is 2.88. The van der Waals surface area contributed by atoms with Crippen LogP contribution in [-0.4, -0.2) is 14.9 Å². The van der Waals surface area contributed by atoms with E-state index in [1.807, 2.05) is 6.92 Å². The van der Waals surface area contributed by atoms with Gasteiger partial charge in [0.25, 0.3) is 0 Å². The van der Waals surface area contributed by atoms with Gasteiger partial charge in [0.05, 0.1) is 18.0 Å². The highest BCUT2D eigenvalue weighted by molar-refractivity contribution is 6.30. The average molecular weight is 269 g/mol. The predicted molar refractivity (Wildman–Crippen MR) is 68.6 cm³/mol. The van der Waals surface area contributed by atoms with E-state index in [1.165, 1.54) is 12.1 Å². The highest BCUT2D eigenvalue weighted by Crippen LogP contribution is 2.26. The van der Waals surface area contributed by atoms with Crippen LogP contribution in [0.15, 0.2) is 18.2 Å². The Morgan fingerprint density at radius 1 is 1.44 bits per heavy atom. The number of hydrogen-bond acceptors (Lipinski definition) is 2. The largest absolute Gasteiger partial charge is 0.391 e. The standard InChI is InChI=1S/C13H14ClFN2O/c1-3-11-10(7-18)13(14)17(16-11)12-5-4-9(15)6-8(12)2/h4-6,18H,3,7H2,1-2H3. The molecule has 1 heterocycles. The summed E-state index contributed by atoms with van der Waals surface area (Å²) in [7, 11) is 0. The first-order chi connectivity index (χ1) is 8.58. The summed E-state index contributed by atoms with van der Waals surface area (Å²) in [6.07, 6.45) is 0.683. The van der Waals surface area contributed by atoms with Gasteiger partial charge in [0, 0.05) is 5.56 Å². The van der Waals surface area contributed by atoms with Crippen LogP contribution in [-0.2, 0) is 13.0 Å². The maximum absolute atomic E-state index is 13.1. The smallest absolute Gasteiger partial charge is 0.138 e. The zero-order valence-corrected chi connectivity index (χ0v) is 11.0. The van der Waals surface area contributed by atoms with Crippen molar-refractivity contribution >= 4 is 11.6 Å². The molecule has 96 valence electrons. The molecule has 1 N–H and O–H groups in total. The Morgan fingerprint density at radius 2 is 2.17 bits per heavy atom. The molecule has 1 aromatic heterocycles. The van der Waals surface area contributed by atoms with Crippen LogP contribution in [0.2, 0.25) is 5.15 Å². The first-order valence-corrected chi connectivity index (χ1v) is 6.10. The summed E-state index contributed by atoms with van der Waals surface area (Å²) in [4.78, 5) is 0. The third-order valence-corrected chi connectivity index (χ3v) is 3.27. The number of halogens is 2. The van der Waals surface area contributed by atoms with E-state index < -0.39 is 0 Å². The molecule has 0 aliphatic rings. The quantitative estimate of drug-likeness (QED) is 0.929. The number of nitrogens with zero attached hydrogens (tertiary/aromatic N) is 2. The Bertz CT molecular complexity index is 581. The highest BCUT2D eigenvalue weighted by atomic mass is 35.5. The Balaban J connectivity index is 2.60. The van der Waals surface area contributed by atoms with Gasteiger partial charge in [0.1, 0.15) is 11.0 Å². The van der Waals surface area contributed by atoms with Crippen molar-refractivity contribution in [1.29, 1.82) is 0 Å². The molecule has 0 aliphatic carbocycles. The number of aliphatic hydroxyl groups is 1. The minimum absolute atomic E-state index is 0.151. The lowest BCUT2D eigenvalue weighted by atomic mass is 10.2. The minimum atomic E-state index is -0.294. The summed E-state index contributed by atoms with van der Waals surface area (Å²) < 4.78 is 14.6. The van der Waals surface area contributed by atoms with Crippen LogP contribution in [0.3, 0.4) is 0 Å². The Hall–Kier alpha value is -1.39. The van der Waals surface area contributed by atoms with Gasteiger partial charge in [-0.2, -0.15) is 5.10 Å². The van der Waals surface area contributed by atoms with Crippen LogP contribution < -0.4 is 0 Å². The number of aliphatic hydroxyl groups excluding tert-OH is 1. The van der Waals surface area contributed by atoms with E-state index in [0.29, 0.717) is 17.1 Å². The molecule has 0 atom stereocenters. The second kappa shape index (κ2) is 5.08. The molecule has 2 aromatic rings. The molecule has 0 bridgehead atoms. The fourth-order valence-corrected chi connectivity index (χ4v) is 2.23. The number of benzene rings is 1. The first kappa shape index (κ1) is 13.1. The zero-order valence-electron chi connectivity index (χ0n) is 10.2. The average Bonchev–Trinajstić information content (AvgIpc) is 2.66. The van der Waals surface area contributed by atoms with Gasteiger partial charge in [0.2, 0.25) is 0 Å². The van der Waals surface area contributed by atoms with E-state index >= 15 is 0 Å². The molecule has 0 unspecified atom stereocenters. The predicted octanol–water partition coefficient (Wildman–Crippen LogP) is 3.03. The number of hydrogen-bond donors (Lipinski definition) is 1. The van der Waals surface area contributed by atoms with Crippen molar-refractivity contribution in [2.24, 2.45) is 0 Å². The summed E-state index contributed by atoms with van der Waals surface area (Å²) in [6.45, 7) is 3.59. The van der Waals surface area contributed by atoms with Crippen molar-refractivity contribution in [2.75, 3.05) is 0 Å². The SMILES string of the molecule is CCc1nn(-c2ccc(F)cc2C)c(Cl)c1CO. The Labute approximate surface area is 110 Å². The maximum atomic E-state index is 13.1. The molecule has 0 saturated carbocycles. The van der Waals surface area contributed by atoms with Gasteiger partial charge in [-0.1, -0.05) is 18.5 Å². The molecule has 0 amide bonds. The van der Waals surface area contributed by atoms with Gasteiger partial charge in [-0.3, -0.25) is 0 Å². The summed E-state index contributed by atoms with van der Waals surface area (Å²) in [6, 6.07) is 4.42. The minimum Gasteiger partial charge on any atom is -0.391 e. The molecule has 2 rings (SSSR count). The summed E-state index contributed by atoms with van der Waals surface area (Å²) in [5, 5.41) is 14.0. The monoisotopic (exact) mass is 268 g/mol. The van der Waals surface area contributed by atoms with Crippen molar-refractivity contribution < 1.29 is 9.50 Å². The third kappa shape index (κ3) is 2.13. The molecular weight excluding hydrogens is 255 g/mol. The lowest BCUT2D eigenvalue weighted by Gasteiger charge is -2.07. The molecule has 18 heavy (non-hydrogen) atoms. The van der Waals surface area contributed by atoms with Crippen LogP contribution >= 0.6 is 11.6 Å². The van der Waals surface area contributed by atoms with Crippen molar-refractivity contribution in [2.45, 2.75) is 26.9 Å². The van der Waals surface area contributed by atoms with Crippen LogP contribution in [0.4, 0.5) is 4.39 Å². The number of aryl methyl sites for hydroxylation is 2. The van der Waals surface area contributed by atoms with Gasteiger partial charge in [-0.15, -0.1) is 0 Å². The maximum Gasteiger partial charge on any atom is 0.138 e. The first-order valence-electron chi connectivity index (χ1n) is 5.72. The Morgan fingerprint density at radius 3 is 2.67 bits per heavy atom. The van der Waals surface area contributed by atoms with E-state index in [0.717, 1.165) is 16.9 Å². The summed E-state index contributed by atoms with van der Waals surface area (Å²) >= 11 is 6.20. The molecule has 0 spiro atoms. The topological polar surface area (TPSA) is 38.0 Å². The van der Waals surface area contributed by atoms with Crippen LogP contribution in [0, 0.1) is 12.7 Å². The van der Waals surface area contributed by atoms with E-state index in [4.69, 9.17) is 11.6 Å². The van der Waals surface area contributed by atoms with Gasteiger partial charge in [0.15, 0.2) is 0 Å². The lowest BCUT2D eigenvalue weighted by Crippen LogP contribution is -2.00. The summed E-state index contributed by atoms with van der Waals surface area (Å²) in [5.41, 5.74) is 2.84. The second-order valence-corrected chi connectivity index (χ2v) is 4.43. The second-order valence-electron chi connectivity index (χ2n) is 4.07. The van der Waals surface area contributed by atoms with Crippen molar-refractivity contribution in [3.05, 3.63) is 46.0 Å². The Kier molecular flexibility index (Phi) is 3.68. The van der Waals surface area contributed by atoms with E-state index in [2.05, 4.69) is 5.10 Å². The normalized spacial score (nSPS) is 10.9.